The molecule has 1 aliphatic heterocycles. The molecule has 1 fully saturated rings. The van der Waals surface area contributed by atoms with Gasteiger partial charge in [-0.3, -0.25) is 0 Å². The fourth-order valence-corrected chi connectivity index (χ4v) is 2.81. The molecule has 7 heteroatoms. The smallest absolute Gasteiger partial charge is 0.227 e. The SMILES string of the molecule is Cc1cc(C#N)nc(N2C[C@@H](O)C[C@@H]2c2ccc(F)c(F)c2)n1. The molecule has 1 aliphatic rings. The van der Waals surface area contributed by atoms with Gasteiger partial charge >= 0.3 is 0 Å². The van der Waals surface area contributed by atoms with Crippen molar-refractivity contribution in [1.82, 2.24) is 9.97 Å². The molecule has 0 spiro atoms. The van der Waals surface area contributed by atoms with Gasteiger partial charge in [-0.1, -0.05) is 6.07 Å². The van der Waals surface area contributed by atoms with Crippen LogP contribution in [0.15, 0.2) is 24.3 Å². The maximum Gasteiger partial charge on any atom is 0.227 e. The van der Waals surface area contributed by atoms with Gasteiger partial charge in [0.25, 0.3) is 0 Å². The molecule has 1 saturated heterocycles. The van der Waals surface area contributed by atoms with Crippen LogP contribution in [-0.2, 0) is 0 Å². The Morgan fingerprint density at radius 3 is 2.74 bits per heavy atom. The number of aliphatic hydroxyl groups excluding tert-OH is 1. The lowest BCUT2D eigenvalue weighted by Gasteiger charge is -2.25. The lowest BCUT2D eigenvalue weighted by atomic mass is 10.0. The molecule has 0 radical (unpaired) electrons. The van der Waals surface area contributed by atoms with E-state index in [0.717, 1.165) is 12.1 Å². The number of nitriles is 1. The number of aliphatic hydroxyl groups is 1. The van der Waals surface area contributed by atoms with E-state index in [1.165, 1.54) is 6.07 Å². The Kier molecular flexibility index (Phi) is 3.92. The van der Waals surface area contributed by atoms with Crippen LogP contribution in [0.1, 0.15) is 29.4 Å². The van der Waals surface area contributed by atoms with Crippen LogP contribution in [0.3, 0.4) is 0 Å². The number of anilines is 1. The topological polar surface area (TPSA) is 73.0 Å². The third-order valence-electron chi connectivity index (χ3n) is 3.82. The fourth-order valence-electron chi connectivity index (χ4n) is 2.81. The summed E-state index contributed by atoms with van der Waals surface area (Å²) >= 11 is 0. The van der Waals surface area contributed by atoms with Crippen molar-refractivity contribution in [3.05, 3.63) is 52.9 Å². The minimum atomic E-state index is -0.938. The summed E-state index contributed by atoms with van der Waals surface area (Å²) in [7, 11) is 0. The van der Waals surface area contributed by atoms with Gasteiger partial charge in [-0.2, -0.15) is 5.26 Å². The van der Waals surface area contributed by atoms with Crippen molar-refractivity contribution in [2.45, 2.75) is 25.5 Å². The molecule has 2 heterocycles. The average Bonchev–Trinajstić information content (AvgIpc) is 2.91. The number of halogens is 2. The van der Waals surface area contributed by atoms with E-state index in [1.54, 1.807) is 17.9 Å². The molecule has 0 unspecified atom stereocenters. The molecule has 0 amide bonds. The van der Waals surface area contributed by atoms with Gasteiger partial charge in [0.15, 0.2) is 11.6 Å². The number of aryl methyl sites for hydroxylation is 1. The molecule has 2 atom stereocenters. The highest BCUT2D eigenvalue weighted by atomic mass is 19.2. The molecule has 0 aliphatic carbocycles. The Balaban J connectivity index is 2.01. The molecule has 23 heavy (non-hydrogen) atoms. The molecule has 1 N–H and O–H groups in total. The monoisotopic (exact) mass is 316 g/mol. The second kappa shape index (κ2) is 5.89. The van der Waals surface area contributed by atoms with Crippen molar-refractivity contribution in [1.29, 1.82) is 5.26 Å². The Morgan fingerprint density at radius 2 is 2.04 bits per heavy atom. The summed E-state index contributed by atoms with van der Waals surface area (Å²) in [4.78, 5) is 10.2. The lowest BCUT2D eigenvalue weighted by molar-refractivity contribution is 0.194. The summed E-state index contributed by atoms with van der Waals surface area (Å²) in [6.45, 7) is 2.00. The van der Waals surface area contributed by atoms with Crippen LogP contribution in [0, 0.1) is 29.9 Å². The molecule has 5 nitrogen and oxygen atoms in total. The van der Waals surface area contributed by atoms with Crippen molar-refractivity contribution in [3.63, 3.8) is 0 Å². The van der Waals surface area contributed by atoms with Crippen LogP contribution in [0.4, 0.5) is 14.7 Å². The van der Waals surface area contributed by atoms with Gasteiger partial charge in [0.1, 0.15) is 11.8 Å². The number of nitrogens with zero attached hydrogens (tertiary/aromatic N) is 4. The summed E-state index contributed by atoms with van der Waals surface area (Å²) in [6, 6.07) is 6.80. The van der Waals surface area contributed by atoms with E-state index in [1.807, 2.05) is 6.07 Å². The third-order valence-corrected chi connectivity index (χ3v) is 3.82. The molecule has 0 saturated carbocycles. The Morgan fingerprint density at radius 1 is 1.26 bits per heavy atom. The van der Waals surface area contributed by atoms with Crippen molar-refractivity contribution in [2.24, 2.45) is 0 Å². The first kappa shape index (κ1) is 15.3. The molecular weight excluding hydrogens is 302 g/mol. The first-order valence-electron chi connectivity index (χ1n) is 7.13. The van der Waals surface area contributed by atoms with Gasteiger partial charge in [0.2, 0.25) is 5.95 Å². The molecule has 2 aromatic rings. The van der Waals surface area contributed by atoms with E-state index in [4.69, 9.17) is 5.26 Å². The first-order chi connectivity index (χ1) is 11.0. The van der Waals surface area contributed by atoms with Crippen LogP contribution in [-0.4, -0.2) is 27.7 Å². The predicted octanol–water partition coefficient (Wildman–Crippen LogP) is 2.25. The average molecular weight is 316 g/mol. The maximum atomic E-state index is 13.5. The van der Waals surface area contributed by atoms with E-state index < -0.39 is 17.7 Å². The second-order valence-corrected chi connectivity index (χ2v) is 5.54. The quantitative estimate of drug-likeness (QED) is 0.920. The van der Waals surface area contributed by atoms with Crippen molar-refractivity contribution < 1.29 is 13.9 Å². The van der Waals surface area contributed by atoms with Crippen LogP contribution in [0.2, 0.25) is 0 Å². The lowest BCUT2D eigenvalue weighted by Crippen LogP contribution is -2.26. The number of hydrogen-bond donors (Lipinski definition) is 1. The highest BCUT2D eigenvalue weighted by Gasteiger charge is 2.34. The molecule has 118 valence electrons. The van der Waals surface area contributed by atoms with Crippen molar-refractivity contribution in [2.75, 3.05) is 11.4 Å². The van der Waals surface area contributed by atoms with Crippen LogP contribution in [0.5, 0.6) is 0 Å². The molecule has 0 bridgehead atoms. The summed E-state index contributed by atoms with van der Waals surface area (Å²) in [5.41, 5.74) is 1.37. The molecule has 1 aromatic heterocycles. The van der Waals surface area contributed by atoms with Crippen LogP contribution in [0.25, 0.3) is 0 Å². The minimum Gasteiger partial charge on any atom is -0.391 e. The van der Waals surface area contributed by atoms with Gasteiger partial charge in [0, 0.05) is 12.2 Å². The van der Waals surface area contributed by atoms with Gasteiger partial charge in [0.05, 0.1) is 12.1 Å². The highest BCUT2D eigenvalue weighted by Crippen LogP contribution is 2.35. The number of rotatable bonds is 2. The Hall–Kier alpha value is -2.59. The summed E-state index contributed by atoms with van der Waals surface area (Å²) in [5, 5.41) is 19.0. The third kappa shape index (κ3) is 2.98. The molecule has 3 rings (SSSR count). The number of β-amino-alcohol motifs (C(OH)–C–C–N with tert-alkyl or cyclic N) is 1. The Bertz CT molecular complexity index is 790. The van der Waals surface area contributed by atoms with E-state index in [9.17, 15) is 13.9 Å². The summed E-state index contributed by atoms with van der Waals surface area (Å²) in [6.07, 6.45) is -0.285. The van der Waals surface area contributed by atoms with E-state index >= 15 is 0 Å². The van der Waals surface area contributed by atoms with Gasteiger partial charge in [-0.25, -0.2) is 18.7 Å². The fraction of sp³-hybridized carbons (Fsp3) is 0.312. The predicted molar refractivity (Wildman–Crippen MR) is 78.6 cm³/mol. The maximum absolute atomic E-state index is 13.5. The number of hydrogen-bond acceptors (Lipinski definition) is 5. The second-order valence-electron chi connectivity index (χ2n) is 5.54. The van der Waals surface area contributed by atoms with E-state index in [2.05, 4.69) is 9.97 Å². The van der Waals surface area contributed by atoms with Gasteiger partial charge < -0.3 is 10.0 Å². The largest absolute Gasteiger partial charge is 0.391 e. The number of benzene rings is 1. The van der Waals surface area contributed by atoms with Crippen LogP contribution >= 0.6 is 0 Å². The zero-order chi connectivity index (χ0) is 16.6. The Labute approximate surface area is 131 Å². The van der Waals surface area contributed by atoms with Crippen LogP contribution < -0.4 is 4.90 Å². The van der Waals surface area contributed by atoms with Gasteiger partial charge in [-0.15, -0.1) is 0 Å². The molecular formula is C16H14F2N4O. The summed E-state index contributed by atoms with van der Waals surface area (Å²) < 4.78 is 26.6. The van der Waals surface area contributed by atoms with Crippen molar-refractivity contribution >= 4 is 5.95 Å². The normalized spacial score (nSPS) is 20.6. The van der Waals surface area contributed by atoms with Gasteiger partial charge in [-0.05, 0) is 37.1 Å². The summed E-state index contributed by atoms with van der Waals surface area (Å²) in [5.74, 6) is -1.56. The standard InChI is InChI=1S/C16H14F2N4O/c1-9-4-11(7-19)21-16(20-9)22-8-12(23)6-15(22)10-2-3-13(17)14(18)5-10/h2-5,12,15,23H,6,8H2,1H3/t12-,15+/m0/s1. The van der Waals surface area contributed by atoms with Crippen molar-refractivity contribution in [3.8, 4) is 6.07 Å². The molecule has 1 aromatic carbocycles. The zero-order valence-corrected chi connectivity index (χ0v) is 12.4. The minimum absolute atomic E-state index is 0.220. The van der Waals surface area contributed by atoms with E-state index in [0.29, 0.717) is 23.6 Å². The zero-order valence-electron chi connectivity index (χ0n) is 12.4. The number of aromatic nitrogens is 2. The first-order valence-corrected chi connectivity index (χ1v) is 7.13. The van der Waals surface area contributed by atoms with E-state index in [-0.39, 0.29) is 18.3 Å². The highest BCUT2D eigenvalue weighted by molar-refractivity contribution is 5.42.